The fourth-order valence-electron chi connectivity index (χ4n) is 2.23. The zero-order valence-corrected chi connectivity index (χ0v) is 12.9. The molecule has 6 heteroatoms. The number of ether oxygens (including phenoxy) is 1. The van der Waals surface area contributed by atoms with Gasteiger partial charge in [-0.15, -0.1) is 0 Å². The number of hydrogen-bond acceptors (Lipinski definition) is 3. The van der Waals surface area contributed by atoms with E-state index in [4.69, 9.17) is 21.2 Å². The smallest absolute Gasteiger partial charge is 0.341 e. The van der Waals surface area contributed by atoms with Gasteiger partial charge in [-0.25, -0.2) is 9.86 Å². The molecular weight excluding hydrogens is 292 g/mol. The largest absolute Gasteiger partial charge is 0.385 e. The lowest BCUT2D eigenvalue weighted by molar-refractivity contribution is -0.140. The quantitative estimate of drug-likeness (QED) is 0.908. The Morgan fingerprint density at radius 2 is 2.19 bits per heavy atom. The normalized spacial score (nSPS) is 16.6. The molecule has 1 aromatic carbocycles. The molecule has 0 aliphatic carbocycles. The van der Waals surface area contributed by atoms with Crippen LogP contribution < -0.4 is 5.32 Å². The Kier molecular flexibility index (Phi) is 6.29. The van der Waals surface area contributed by atoms with Crippen LogP contribution in [0.4, 0.5) is 4.79 Å². The van der Waals surface area contributed by atoms with Crippen LogP contribution in [0.3, 0.4) is 0 Å². The molecule has 1 atom stereocenters. The topological polar surface area (TPSA) is 50.8 Å². The Balaban J connectivity index is 2.01. The minimum absolute atomic E-state index is 0.125. The van der Waals surface area contributed by atoms with Crippen LogP contribution in [-0.4, -0.2) is 38.0 Å². The lowest BCUT2D eigenvalue weighted by atomic mass is 10.0. The van der Waals surface area contributed by atoms with E-state index in [1.54, 1.807) is 7.11 Å². The summed E-state index contributed by atoms with van der Waals surface area (Å²) in [7, 11) is 1.65. The molecule has 1 aliphatic rings. The van der Waals surface area contributed by atoms with Gasteiger partial charge in [-0.1, -0.05) is 23.7 Å². The number of methoxy groups -OCH3 is 1. The average Bonchev–Trinajstić information content (AvgIpc) is 2.53. The maximum absolute atomic E-state index is 12.2. The Hall–Kier alpha value is -1.30. The number of urea groups is 1. The summed E-state index contributed by atoms with van der Waals surface area (Å²) in [5, 5.41) is 5.07. The Morgan fingerprint density at radius 3 is 2.81 bits per heavy atom. The van der Waals surface area contributed by atoms with Crippen molar-refractivity contribution in [2.75, 3.05) is 26.9 Å². The fourth-order valence-corrected chi connectivity index (χ4v) is 2.36. The van der Waals surface area contributed by atoms with E-state index in [1.807, 2.05) is 24.3 Å². The van der Waals surface area contributed by atoms with Crippen LogP contribution in [0.5, 0.6) is 0 Å². The highest BCUT2D eigenvalue weighted by molar-refractivity contribution is 6.30. The van der Waals surface area contributed by atoms with Gasteiger partial charge < -0.3 is 10.1 Å². The van der Waals surface area contributed by atoms with Crippen molar-refractivity contribution in [2.45, 2.75) is 25.3 Å². The molecule has 1 saturated heterocycles. The van der Waals surface area contributed by atoms with Gasteiger partial charge in [0.25, 0.3) is 0 Å². The number of amides is 2. The molecule has 0 bridgehead atoms. The number of carbonyl (C=O) groups is 1. The molecule has 1 heterocycles. The first kappa shape index (κ1) is 16.1. The first-order valence-corrected chi connectivity index (χ1v) is 7.54. The zero-order valence-electron chi connectivity index (χ0n) is 12.2. The molecule has 1 unspecified atom stereocenters. The number of hydrogen-bond donors (Lipinski definition) is 1. The van der Waals surface area contributed by atoms with Gasteiger partial charge in [0.05, 0.1) is 19.2 Å². The first-order valence-electron chi connectivity index (χ1n) is 7.16. The predicted molar refractivity (Wildman–Crippen MR) is 81.1 cm³/mol. The summed E-state index contributed by atoms with van der Waals surface area (Å²) in [5.74, 6) is 0. The molecule has 1 aliphatic heterocycles. The lowest BCUT2D eigenvalue weighted by Gasteiger charge is -2.28. The third kappa shape index (κ3) is 4.88. The second-order valence-corrected chi connectivity index (χ2v) is 5.41. The van der Waals surface area contributed by atoms with Crippen molar-refractivity contribution < 1.29 is 14.4 Å². The van der Waals surface area contributed by atoms with Gasteiger partial charge in [-0.3, -0.25) is 4.84 Å². The summed E-state index contributed by atoms with van der Waals surface area (Å²) in [6, 6.07) is 7.14. The minimum atomic E-state index is -0.203. The summed E-state index contributed by atoms with van der Waals surface area (Å²) in [4.78, 5) is 17.6. The van der Waals surface area contributed by atoms with Crippen molar-refractivity contribution in [3.8, 4) is 0 Å². The summed E-state index contributed by atoms with van der Waals surface area (Å²) < 4.78 is 5.12. The van der Waals surface area contributed by atoms with E-state index < -0.39 is 0 Å². The van der Waals surface area contributed by atoms with Crippen molar-refractivity contribution in [2.24, 2.45) is 0 Å². The Bertz CT molecular complexity index is 447. The highest BCUT2D eigenvalue weighted by atomic mass is 35.5. The molecule has 2 rings (SSSR count). The number of nitrogens with one attached hydrogen (secondary N) is 1. The molecule has 0 radical (unpaired) electrons. The second kappa shape index (κ2) is 8.22. The number of halogens is 1. The molecule has 5 nitrogen and oxygen atoms in total. The van der Waals surface area contributed by atoms with Gasteiger partial charge in [-0.05, 0) is 37.0 Å². The molecule has 0 aromatic heterocycles. The Morgan fingerprint density at radius 1 is 1.43 bits per heavy atom. The van der Waals surface area contributed by atoms with E-state index in [2.05, 4.69) is 5.32 Å². The fraction of sp³-hybridized carbons (Fsp3) is 0.533. The van der Waals surface area contributed by atoms with E-state index in [0.717, 1.165) is 18.4 Å². The third-order valence-corrected chi connectivity index (χ3v) is 3.66. The molecule has 2 amide bonds. The van der Waals surface area contributed by atoms with E-state index in [-0.39, 0.29) is 12.1 Å². The van der Waals surface area contributed by atoms with E-state index in [0.29, 0.717) is 31.2 Å². The highest BCUT2D eigenvalue weighted by Crippen LogP contribution is 2.20. The van der Waals surface area contributed by atoms with Crippen molar-refractivity contribution >= 4 is 17.6 Å². The number of hydroxylamine groups is 2. The van der Waals surface area contributed by atoms with Gasteiger partial charge in [-0.2, -0.15) is 0 Å². The van der Waals surface area contributed by atoms with Gasteiger partial charge in [0.2, 0.25) is 0 Å². The van der Waals surface area contributed by atoms with E-state index >= 15 is 0 Å². The van der Waals surface area contributed by atoms with Crippen LogP contribution in [-0.2, 0) is 9.57 Å². The lowest BCUT2D eigenvalue weighted by Crippen LogP contribution is -2.44. The highest BCUT2D eigenvalue weighted by Gasteiger charge is 2.21. The Labute approximate surface area is 130 Å². The number of nitrogens with zero attached hydrogens (tertiary/aromatic N) is 1. The molecule has 0 spiro atoms. The number of rotatable bonds is 5. The van der Waals surface area contributed by atoms with Gasteiger partial charge >= 0.3 is 6.03 Å². The van der Waals surface area contributed by atoms with Crippen LogP contribution in [0.2, 0.25) is 5.02 Å². The van der Waals surface area contributed by atoms with Crippen LogP contribution >= 0.6 is 11.6 Å². The molecule has 116 valence electrons. The molecule has 1 fully saturated rings. The number of carbonyl (C=O) groups excluding carboxylic acids is 1. The van der Waals surface area contributed by atoms with E-state index in [9.17, 15) is 4.79 Å². The van der Waals surface area contributed by atoms with Crippen LogP contribution in [0.1, 0.15) is 30.9 Å². The zero-order chi connectivity index (χ0) is 15.1. The molecule has 1 N–H and O–H groups in total. The molecular formula is C15H21ClN2O3. The van der Waals surface area contributed by atoms with Crippen molar-refractivity contribution in [3.63, 3.8) is 0 Å². The second-order valence-electron chi connectivity index (χ2n) is 4.98. The maximum atomic E-state index is 12.2. The van der Waals surface area contributed by atoms with Crippen LogP contribution in [0.15, 0.2) is 24.3 Å². The minimum Gasteiger partial charge on any atom is -0.385 e. The summed E-state index contributed by atoms with van der Waals surface area (Å²) >= 11 is 5.91. The van der Waals surface area contributed by atoms with Gasteiger partial charge in [0.15, 0.2) is 0 Å². The van der Waals surface area contributed by atoms with E-state index in [1.165, 1.54) is 5.06 Å². The summed E-state index contributed by atoms with van der Waals surface area (Å²) in [6.45, 7) is 1.79. The van der Waals surface area contributed by atoms with Gasteiger partial charge in [0, 0.05) is 18.7 Å². The van der Waals surface area contributed by atoms with Crippen molar-refractivity contribution in [1.29, 1.82) is 0 Å². The van der Waals surface area contributed by atoms with Gasteiger partial charge in [0.1, 0.15) is 0 Å². The molecule has 1 aromatic rings. The third-order valence-electron chi connectivity index (χ3n) is 3.41. The molecule has 0 saturated carbocycles. The van der Waals surface area contributed by atoms with Crippen LogP contribution in [0, 0.1) is 0 Å². The maximum Gasteiger partial charge on any atom is 0.341 e. The predicted octanol–water partition coefficient (Wildman–Crippen LogP) is 3.15. The summed E-state index contributed by atoms with van der Waals surface area (Å²) in [6.07, 6.45) is 2.66. The van der Waals surface area contributed by atoms with Crippen molar-refractivity contribution in [1.82, 2.24) is 10.4 Å². The average molecular weight is 313 g/mol. The monoisotopic (exact) mass is 312 g/mol. The first-order chi connectivity index (χ1) is 10.2. The molecule has 21 heavy (non-hydrogen) atoms. The number of benzene rings is 1. The SMILES string of the molecule is COCCC(NC(=O)N1CCCCO1)c1ccc(Cl)cc1. The van der Waals surface area contributed by atoms with Crippen molar-refractivity contribution in [3.05, 3.63) is 34.9 Å². The van der Waals surface area contributed by atoms with Crippen LogP contribution in [0.25, 0.3) is 0 Å². The summed E-state index contributed by atoms with van der Waals surface area (Å²) in [5.41, 5.74) is 1.00. The standard InChI is InChI=1S/C15H21ClN2O3/c1-20-11-8-14(12-4-6-13(16)7-5-12)17-15(19)18-9-2-3-10-21-18/h4-7,14H,2-3,8-11H2,1H3,(H,17,19).